The second kappa shape index (κ2) is 9.27. The van der Waals surface area contributed by atoms with Crippen LogP contribution in [0.4, 0.5) is 0 Å². The minimum Gasteiger partial charge on any atom is -0.497 e. The molecule has 1 N–H and O–H groups in total. The number of benzene rings is 1. The highest BCUT2D eigenvalue weighted by atomic mass is 16.5. The molecule has 1 aromatic heterocycles. The summed E-state index contributed by atoms with van der Waals surface area (Å²) in [5.74, 6) is -0.170. The van der Waals surface area contributed by atoms with Crippen LogP contribution in [0.5, 0.6) is 11.6 Å². The third kappa shape index (κ3) is 5.49. The molecule has 0 saturated heterocycles. The van der Waals surface area contributed by atoms with Crippen LogP contribution in [0.2, 0.25) is 0 Å². The largest absolute Gasteiger partial charge is 0.497 e. The molecule has 0 aliphatic carbocycles. The number of esters is 1. The average Bonchev–Trinajstić information content (AvgIpc) is 2.65. The van der Waals surface area contributed by atoms with Crippen molar-refractivity contribution in [2.75, 3.05) is 20.3 Å². The summed E-state index contributed by atoms with van der Waals surface area (Å²) in [6.45, 7) is 2.09. The lowest BCUT2D eigenvalue weighted by Gasteiger charge is -2.09. The zero-order valence-corrected chi connectivity index (χ0v) is 14.2. The molecule has 132 valence electrons. The van der Waals surface area contributed by atoms with Gasteiger partial charge in [-0.2, -0.15) is 0 Å². The maximum Gasteiger partial charge on any atom is 0.344 e. The second-order valence-corrected chi connectivity index (χ2v) is 4.99. The van der Waals surface area contributed by atoms with Crippen LogP contribution >= 0.6 is 0 Å². The summed E-state index contributed by atoms with van der Waals surface area (Å²) in [6, 6.07) is 10.5. The van der Waals surface area contributed by atoms with Gasteiger partial charge in [0.25, 0.3) is 5.91 Å². The van der Waals surface area contributed by atoms with Gasteiger partial charge in [-0.25, -0.2) is 9.78 Å². The fraction of sp³-hybridized carbons (Fsp3) is 0.278. The molecule has 0 bridgehead atoms. The van der Waals surface area contributed by atoms with Crippen LogP contribution in [-0.4, -0.2) is 37.2 Å². The third-order valence-electron chi connectivity index (χ3n) is 3.23. The second-order valence-electron chi connectivity index (χ2n) is 4.99. The number of amides is 1. The molecule has 0 radical (unpaired) electrons. The molecule has 25 heavy (non-hydrogen) atoms. The average molecular weight is 344 g/mol. The van der Waals surface area contributed by atoms with E-state index < -0.39 is 11.9 Å². The number of nitrogens with one attached hydrogen (secondary N) is 1. The van der Waals surface area contributed by atoms with Gasteiger partial charge in [-0.15, -0.1) is 0 Å². The molecule has 0 saturated carbocycles. The van der Waals surface area contributed by atoms with Crippen molar-refractivity contribution in [1.82, 2.24) is 10.3 Å². The first-order valence-corrected chi connectivity index (χ1v) is 7.78. The van der Waals surface area contributed by atoms with Crippen LogP contribution in [0.25, 0.3) is 0 Å². The SMILES string of the molecule is CCOc1ncccc1C(=O)OCC(=O)NCc1cccc(OC)c1. The fourth-order valence-corrected chi connectivity index (χ4v) is 2.04. The molecule has 7 nitrogen and oxygen atoms in total. The van der Waals surface area contributed by atoms with Gasteiger partial charge in [-0.05, 0) is 36.8 Å². The van der Waals surface area contributed by atoms with E-state index in [9.17, 15) is 9.59 Å². The summed E-state index contributed by atoms with van der Waals surface area (Å²) >= 11 is 0. The number of aromatic nitrogens is 1. The Morgan fingerprint density at radius 1 is 1.20 bits per heavy atom. The van der Waals surface area contributed by atoms with Gasteiger partial charge in [0.2, 0.25) is 5.88 Å². The topological polar surface area (TPSA) is 86.8 Å². The van der Waals surface area contributed by atoms with Crippen molar-refractivity contribution in [2.24, 2.45) is 0 Å². The van der Waals surface area contributed by atoms with Gasteiger partial charge in [0.15, 0.2) is 6.61 Å². The number of methoxy groups -OCH3 is 1. The molecule has 1 aromatic carbocycles. The van der Waals surface area contributed by atoms with E-state index in [1.807, 2.05) is 24.3 Å². The molecular weight excluding hydrogens is 324 g/mol. The molecular formula is C18H20N2O5. The lowest BCUT2D eigenvalue weighted by Crippen LogP contribution is -2.28. The van der Waals surface area contributed by atoms with Crippen LogP contribution in [0, 0.1) is 0 Å². The van der Waals surface area contributed by atoms with Gasteiger partial charge >= 0.3 is 5.97 Å². The van der Waals surface area contributed by atoms with Crippen molar-refractivity contribution in [3.63, 3.8) is 0 Å². The van der Waals surface area contributed by atoms with Crippen molar-refractivity contribution in [2.45, 2.75) is 13.5 Å². The predicted molar refractivity (Wildman–Crippen MR) is 90.5 cm³/mol. The van der Waals surface area contributed by atoms with Gasteiger partial charge in [0, 0.05) is 12.7 Å². The Labute approximate surface area is 145 Å². The van der Waals surface area contributed by atoms with Crippen molar-refractivity contribution in [3.05, 3.63) is 53.7 Å². The molecule has 0 unspecified atom stereocenters. The summed E-state index contributed by atoms with van der Waals surface area (Å²) in [5, 5.41) is 2.68. The molecule has 1 heterocycles. The van der Waals surface area contributed by atoms with Gasteiger partial charge in [-0.3, -0.25) is 4.79 Å². The molecule has 2 aromatic rings. The van der Waals surface area contributed by atoms with Gasteiger partial charge in [0.05, 0.1) is 13.7 Å². The molecule has 0 atom stereocenters. The number of carbonyl (C=O) groups excluding carboxylic acids is 2. The highest BCUT2D eigenvalue weighted by Crippen LogP contribution is 2.15. The van der Waals surface area contributed by atoms with Crippen LogP contribution in [0.1, 0.15) is 22.8 Å². The molecule has 2 rings (SSSR count). The van der Waals surface area contributed by atoms with E-state index in [0.717, 1.165) is 5.56 Å². The van der Waals surface area contributed by atoms with Crippen LogP contribution in [-0.2, 0) is 16.1 Å². The summed E-state index contributed by atoms with van der Waals surface area (Å²) in [6.07, 6.45) is 1.52. The van der Waals surface area contributed by atoms with E-state index in [0.29, 0.717) is 18.9 Å². The van der Waals surface area contributed by atoms with Crippen molar-refractivity contribution < 1.29 is 23.8 Å². The number of pyridine rings is 1. The van der Waals surface area contributed by atoms with E-state index >= 15 is 0 Å². The van der Waals surface area contributed by atoms with Gasteiger partial charge < -0.3 is 19.5 Å². The molecule has 7 heteroatoms. The summed E-state index contributed by atoms with van der Waals surface area (Å²) < 4.78 is 15.4. The summed E-state index contributed by atoms with van der Waals surface area (Å²) in [4.78, 5) is 27.9. The summed E-state index contributed by atoms with van der Waals surface area (Å²) in [5.41, 5.74) is 1.06. The van der Waals surface area contributed by atoms with E-state index in [1.165, 1.54) is 12.3 Å². The number of rotatable bonds is 8. The fourth-order valence-electron chi connectivity index (χ4n) is 2.04. The molecule has 0 aliphatic rings. The highest BCUT2D eigenvalue weighted by molar-refractivity contribution is 5.93. The number of hydrogen-bond acceptors (Lipinski definition) is 6. The van der Waals surface area contributed by atoms with Gasteiger partial charge in [-0.1, -0.05) is 12.1 Å². The minimum absolute atomic E-state index is 0.185. The maximum atomic E-state index is 12.1. The predicted octanol–water partition coefficient (Wildman–Crippen LogP) is 1.96. The smallest absolute Gasteiger partial charge is 0.344 e. The summed E-state index contributed by atoms with van der Waals surface area (Å²) in [7, 11) is 1.58. The van der Waals surface area contributed by atoms with Crippen molar-refractivity contribution in [3.8, 4) is 11.6 Å². The lowest BCUT2D eigenvalue weighted by atomic mass is 10.2. The minimum atomic E-state index is -0.659. The Morgan fingerprint density at radius 3 is 2.80 bits per heavy atom. The first-order valence-electron chi connectivity index (χ1n) is 7.78. The van der Waals surface area contributed by atoms with Crippen LogP contribution in [0.3, 0.4) is 0 Å². The number of hydrogen-bond donors (Lipinski definition) is 1. The van der Waals surface area contributed by atoms with Crippen LogP contribution in [0.15, 0.2) is 42.6 Å². The third-order valence-corrected chi connectivity index (χ3v) is 3.23. The molecule has 0 aliphatic heterocycles. The maximum absolute atomic E-state index is 12.1. The van der Waals surface area contributed by atoms with E-state index in [-0.39, 0.29) is 18.1 Å². The Hall–Kier alpha value is -3.09. The van der Waals surface area contributed by atoms with E-state index in [2.05, 4.69) is 10.3 Å². The first kappa shape index (κ1) is 18.3. The van der Waals surface area contributed by atoms with Gasteiger partial charge in [0.1, 0.15) is 11.3 Å². The Kier molecular flexibility index (Phi) is 6.76. The molecule has 0 fully saturated rings. The van der Waals surface area contributed by atoms with E-state index in [1.54, 1.807) is 20.1 Å². The zero-order valence-electron chi connectivity index (χ0n) is 14.2. The Balaban J connectivity index is 1.84. The van der Waals surface area contributed by atoms with Crippen molar-refractivity contribution in [1.29, 1.82) is 0 Å². The molecule has 1 amide bonds. The van der Waals surface area contributed by atoms with Crippen LogP contribution < -0.4 is 14.8 Å². The van der Waals surface area contributed by atoms with E-state index in [4.69, 9.17) is 14.2 Å². The highest BCUT2D eigenvalue weighted by Gasteiger charge is 2.16. The monoisotopic (exact) mass is 344 g/mol. The Bertz CT molecular complexity index is 733. The number of ether oxygens (including phenoxy) is 3. The van der Waals surface area contributed by atoms with Crippen molar-refractivity contribution >= 4 is 11.9 Å². The number of carbonyl (C=O) groups is 2. The zero-order chi connectivity index (χ0) is 18.1. The molecule has 0 spiro atoms. The quantitative estimate of drug-likeness (QED) is 0.737. The lowest BCUT2D eigenvalue weighted by molar-refractivity contribution is -0.124. The Morgan fingerprint density at radius 2 is 2.04 bits per heavy atom. The standard InChI is InChI=1S/C18H20N2O5/c1-3-24-17-15(8-5-9-19-17)18(22)25-12-16(21)20-11-13-6-4-7-14(10-13)23-2/h4-10H,3,11-12H2,1-2H3,(H,20,21). The first-order chi connectivity index (χ1) is 12.1. The normalized spacial score (nSPS) is 10.0. The number of nitrogens with zero attached hydrogens (tertiary/aromatic N) is 1.